The molecule has 8 nitrogen and oxygen atoms in total. The highest BCUT2D eigenvalue weighted by atomic mass is 32.2. The average Bonchev–Trinajstić information content (AvgIpc) is 2.98. The number of hydrogen-bond acceptors (Lipinski definition) is 7. The summed E-state index contributed by atoms with van der Waals surface area (Å²) >= 11 is 1.22. The number of hydrogen-bond donors (Lipinski definition) is 1. The zero-order chi connectivity index (χ0) is 19.8. The standard InChI is InChI=1S/C17H18N2O6S2/c1-10-7-8-11(19(21)22)9-14(10)27(23,24)18-16-15(17(20)25-2)12-5-3-4-6-13(12)26-16/h7-9,18H,3-6H2,1-2H3. The smallest absolute Gasteiger partial charge is 0.341 e. The number of thiophene rings is 1. The SMILES string of the molecule is COC(=O)c1c(NS(=O)(=O)c2cc([N+](=O)[O-])ccc2C)sc2c1CCCC2. The number of carbonyl (C=O) groups excluding carboxylic acids is 1. The van der Waals surface area contributed by atoms with Crippen molar-refractivity contribution in [3.05, 3.63) is 49.9 Å². The highest BCUT2D eigenvalue weighted by molar-refractivity contribution is 7.93. The number of sulfonamides is 1. The molecule has 0 fully saturated rings. The number of esters is 1. The molecular formula is C17H18N2O6S2. The molecule has 2 aromatic rings. The van der Waals surface area contributed by atoms with Crippen LogP contribution in [0.5, 0.6) is 0 Å². The lowest BCUT2D eigenvalue weighted by Gasteiger charge is -2.12. The molecule has 144 valence electrons. The van der Waals surface area contributed by atoms with Gasteiger partial charge in [0.05, 0.1) is 22.5 Å². The highest BCUT2D eigenvalue weighted by Gasteiger charge is 2.29. The van der Waals surface area contributed by atoms with Crippen molar-refractivity contribution < 1.29 is 22.9 Å². The molecule has 0 radical (unpaired) electrons. The van der Waals surface area contributed by atoms with Crippen LogP contribution in [0.4, 0.5) is 10.7 Å². The van der Waals surface area contributed by atoms with Crippen molar-refractivity contribution >= 4 is 38.0 Å². The van der Waals surface area contributed by atoms with Crippen LogP contribution >= 0.6 is 11.3 Å². The zero-order valence-electron chi connectivity index (χ0n) is 14.8. The molecule has 1 N–H and O–H groups in total. The van der Waals surface area contributed by atoms with Crippen molar-refractivity contribution in [3.63, 3.8) is 0 Å². The maximum atomic E-state index is 12.9. The van der Waals surface area contributed by atoms with E-state index in [1.165, 1.54) is 30.6 Å². The van der Waals surface area contributed by atoms with Crippen molar-refractivity contribution in [1.29, 1.82) is 0 Å². The Morgan fingerprint density at radius 2 is 2.00 bits per heavy atom. The summed E-state index contributed by atoms with van der Waals surface area (Å²) in [5.41, 5.74) is 1.11. The molecule has 27 heavy (non-hydrogen) atoms. The molecule has 0 atom stereocenters. The van der Waals surface area contributed by atoms with E-state index >= 15 is 0 Å². The first-order valence-electron chi connectivity index (χ1n) is 8.25. The summed E-state index contributed by atoms with van der Waals surface area (Å²) in [5.74, 6) is -0.595. The Bertz CT molecular complexity index is 1030. The fourth-order valence-corrected chi connectivity index (χ4v) is 5.97. The van der Waals surface area contributed by atoms with E-state index in [1.54, 1.807) is 6.92 Å². The predicted octanol–water partition coefficient (Wildman–Crippen LogP) is 3.43. The monoisotopic (exact) mass is 410 g/mol. The minimum atomic E-state index is -4.12. The minimum absolute atomic E-state index is 0.194. The number of aryl methyl sites for hydroxylation is 2. The summed E-state index contributed by atoms with van der Waals surface area (Å²) in [6, 6.07) is 3.65. The van der Waals surface area contributed by atoms with E-state index in [9.17, 15) is 23.3 Å². The van der Waals surface area contributed by atoms with Gasteiger partial charge in [0.2, 0.25) is 0 Å². The van der Waals surface area contributed by atoms with Crippen LogP contribution in [0.1, 0.15) is 39.2 Å². The largest absolute Gasteiger partial charge is 0.465 e. The molecule has 0 aliphatic heterocycles. The Balaban J connectivity index is 2.07. The summed E-state index contributed by atoms with van der Waals surface area (Å²) in [7, 11) is -2.87. The maximum absolute atomic E-state index is 12.9. The lowest BCUT2D eigenvalue weighted by molar-refractivity contribution is -0.385. The van der Waals surface area contributed by atoms with E-state index < -0.39 is 20.9 Å². The van der Waals surface area contributed by atoms with Gasteiger partial charge in [0, 0.05) is 17.0 Å². The Morgan fingerprint density at radius 1 is 1.30 bits per heavy atom. The number of non-ortho nitro benzene ring substituents is 1. The molecule has 0 saturated carbocycles. The number of anilines is 1. The second kappa shape index (κ2) is 7.28. The fraction of sp³-hybridized carbons (Fsp3) is 0.353. The van der Waals surface area contributed by atoms with Crippen LogP contribution < -0.4 is 4.72 Å². The highest BCUT2D eigenvalue weighted by Crippen LogP contribution is 2.39. The molecule has 0 amide bonds. The minimum Gasteiger partial charge on any atom is -0.465 e. The Hall–Kier alpha value is -2.46. The molecule has 0 saturated heterocycles. The molecule has 1 aliphatic carbocycles. The molecule has 0 bridgehead atoms. The number of nitrogens with zero attached hydrogens (tertiary/aromatic N) is 1. The van der Waals surface area contributed by atoms with Gasteiger partial charge in [0.15, 0.2) is 0 Å². The Kier molecular flexibility index (Phi) is 5.20. The van der Waals surface area contributed by atoms with Crippen molar-refractivity contribution in [1.82, 2.24) is 0 Å². The molecule has 1 aromatic carbocycles. The van der Waals surface area contributed by atoms with Gasteiger partial charge in [0.1, 0.15) is 5.00 Å². The van der Waals surface area contributed by atoms with Crippen LogP contribution in [0.25, 0.3) is 0 Å². The van der Waals surface area contributed by atoms with Gasteiger partial charge in [-0.3, -0.25) is 14.8 Å². The summed E-state index contributed by atoms with van der Waals surface area (Å²) in [6.45, 7) is 1.55. The topological polar surface area (TPSA) is 116 Å². The van der Waals surface area contributed by atoms with E-state index in [2.05, 4.69) is 4.72 Å². The van der Waals surface area contributed by atoms with E-state index in [0.29, 0.717) is 12.0 Å². The van der Waals surface area contributed by atoms with Crippen molar-refractivity contribution in [2.75, 3.05) is 11.8 Å². The summed E-state index contributed by atoms with van der Waals surface area (Å²) in [6.07, 6.45) is 3.36. The second-order valence-corrected chi connectivity index (χ2v) is 8.98. The van der Waals surface area contributed by atoms with Crippen LogP contribution in [0, 0.1) is 17.0 Å². The van der Waals surface area contributed by atoms with Crippen molar-refractivity contribution in [2.24, 2.45) is 0 Å². The lowest BCUT2D eigenvalue weighted by Crippen LogP contribution is -2.16. The number of methoxy groups -OCH3 is 1. The first kappa shape index (κ1) is 19.3. The molecule has 3 rings (SSSR count). The van der Waals surface area contributed by atoms with Gasteiger partial charge in [-0.05, 0) is 43.7 Å². The number of nitro benzene ring substituents is 1. The number of nitro groups is 1. The summed E-state index contributed by atoms with van der Waals surface area (Å²) in [5, 5.41) is 11.2. The van der Waals surface area contributed by atoms with Crippen LogP contribution in [-0.2, 0) is 27.6 Å². The van der Waals surface area contributed by atoms with Crippen LogP contribution in [-0.4, -0.2) is 26.4 Å². The first-order valence-corrected chi connectivity index (χ1v) is 10.5. The molecule has 1 heterocycles. The van der Waals surface area contributed by atoms with Gasteiger partial charge < -0.3 is 4.74 Å². The van der Waals surface area contributed by atoms with Gasteiger partial charge in [-0.15, -0.1) is 11.3 Å². The van der Waals surface area contributed by atoms with Crippen LogP contribution in [0.15, 0.2) is 23.1 Å². The van der Waals surface area contributed by atoms with E-state index in [-0.39, 0.29) is 21.1 Å². The Morgan fingerprint density at radius 3 is 2.67 bits per heavy atom. The van der Waals surface area contributed by atoms with Gasteiger partial charge in [-0.25, -0.2) is 13.2 Å². The second-order valence-electron chi connectivity index (χ2n) is 6.22. The maximum Gasteiger partial charge on any atom is 0.341 e. The van der Waals surface area contributed by atoms with Gasteiger partial charge in [-0.2, -0.15) is 0 Å². The van der Waals surface area contributed by atoms with Gasteiger partial charge in [-0.1, -0.05) is 6.07 Å². The summed E-state index contributed by atoms with van der Waals surface area (Å²) < 4.78 is 33.1. The molecule has 1 aliphatic rings. The van der Waals surface area contributed by atoms with Crippen LogP contribution in [0.2, 0.25) is 0 Å². The quantitative estimate of drug-likeness (QED) is 0.459. The number of ether oxygens (including phenoxy) is 1. The average molecular weight is 410 g/mol. The molecule has 1 aromatic heterocycles. The first-order chi connectivity index (χ1) is 12.7. The molecule has 0 unspecified atom stereocenters. The number of rotatable bonds is 5. The Labute approximate surface area is 160 Å². The zero-order valence-corrected chi connectivity index (χ0v) is 16.4. The van der Waals surface area contributed by atoms with Crippen LogP contribution in [0.3, 0.4) is 0 Å². The number of carbonyl (C=O) groups is 1. The molecular weight excluding hydrogens is 392 g/mol. The van der Waals surface area contributed by atoms with E-state index in [1.807, 2.05) is 0 Å². The van der Waals surface area contributed by atoms with Gasteiger partial charge >= 0.3 is 5.97 Å². The van der Waals surface area contributed by atoms with E-state index in [0.717, 1.165) is 35.8 Å². The number of nitrogens with one attached hydrogen (secondary N) is 1. The number of benzene rings is 1. The summed E-state index contributed by atoms with van der Waals surface area (Å²) in [4.78, 5) is 23.4. The third kappa shape index (κ3) is 3.67. The van der Waals surface area contributed by atoms with E-state index in [4.69, 9.17) is 4.74 Å². The lowest BCUT2D eigenvalue weighted by atomic mass is 9.95. The normalized spacial score (nSPS) is 13.7. The third-order valence-electron chi connectivity index (χ3n) is 4.46. The predicted molar refractivity (Wildman–Crippen MR) is 101 cm³/mol. The fourth-order valence-electron chi connectivity index (χ4n) is 3.12. The van der Waals surface area contributed by atoms with Crippen molar-refractivity contribution in [2.45, 2.75) is 37.5 Å². The molecule has 0 spiro atoms. The van der Waals surface area contributed by atoms with Crippen molar-refractivity contribution in [3.8, 4) is 0 Å². The number of fused-ring (bicyclic) bond motifs is 1. The van der Waals surface area contributed by atoms with Gasteiger partial charge in [0.25, 0.3) is 15.7 Å². The third-order valence-corrected chi connectivity index (χ3v) is 7.29. The molecule has 10 heteroatoms.